The molecule has 0 unspecified atom stereocenters. The Kier molecular flexibility index (Phi) is 4.85. The Morgan fingerprint density at radius 3 is 2.71 bits per heavy atom. The van der Waals surface area contributed by atoms with Crippen LogP contribution < -0.4 is 5.32 Å². The first kappa shape index (κ1) is 15.4. The topological polar surface area (TPSA) is 67.2 Å². The standard InChI is InChI=1S/C15H18ClN3O2/c1-10-8-11(2)19(18-10)7-3-6-17-14-5-4-12(15(20)21)9-13(14)16/h4-5,8-9,17H,3,6-7H2,1-2H3,(H,20,21). The van der Waals surface area contributed by atoms with Gasteiger partial charge in [-0.15, -0.1) is 0 Å². The van der Waals surface area contributed by atoms with E-state index in [1.54, 1.807) is 6.07 Å². The quantitative estimate of drug-likeness (QED) is 0.803. The van der Waals surface area contributed by atoms with Crippen molar-refractivity contribution in [3.05, 3.63) is 46.2 Å². The van der Waals surface area contributed by atoms with Crippen LogP contribution in [0, 0.1) is 13.8 Å². The minimum atomic E-state index is -0.979. The number of carboxylic acid groups (broad SMARTS) is 1. The predicted molar refractivity (Wildman–Crippen MR) is 83.2 cm³/mol. The van der Waals surface area contributed by atoms with Gasteiger partial charge in [0, 0.05) is 18.8 Å². The maximum atomic E-state index is 10.8. The molecule has 21 heavy (non-hydrogen) atoms. The second-order valence-corrected chi connectivity index (χ2v) is 5.34. The lowest BCUT2D eigenvalue weighted by Crippen LogP contribution is -2.09. The minimum absolute atomic E-state index is 0.188. The normalized spacial score (nSPS) is 10.6. The number of halogens is 1. The molecule has 0 atom stereocenters. The summed E-state index contributed by atoms with van der Waals surface area (Å²) >= 11 is 6.05. The van der Waals surface area contributed by atoms with Gasteiger partial charge >= 0.3 is 5.97 Å². The van der Waals surface area contributed by atoms with Crippen molar-refractivity contribution in [1.29, 1.82) is 0 Å². The van der Waals surface area contributed by atoms with Crippen LogP contribution in [0.1, 0.15) is 28.2 Å². The van der Waals surface area contributed by atoms with E-state index in [2.05, 4.69) is 16.5 Å². The highest BCUT2D eigenvalue weighted by Crippen LogP contribution is 2.23. The number of rotatable bonds is 6. The third kappa shape index (κ3) is 3.98. The minimum Gasteiger partial charge on any atom is -0.478 e. The number of aromatic nitrogens is 2. The van der Waals surface area contributed by atoms with E-state index in [0.717, 1.165) is 36.6 Å². The molecule has 2 aromatic rings. The average molecular weight is 308 g/mol. The van der Waals surface area contributed by atoms with Crippen molar-refractivity contribution in [2.75, 3.05) is 11.9 Å². The van der Waals surface area contributed by atoms with Crippen molar-refractivity contribution in [1.82, 2.24) is 9.78 Å². The number of hydrogen-bond acceptors (Lipinski definition) is 3. The molecule has 0 saturated heterocycles. The third-order valence-corrected chi connectivity index (χ3v) is 3.49. The molecule has 0 amide bonds. The van der Waals surface area contributed by atoms with Gasteiger partial charge in [0.05, 0.1) is 22.0 Å². The summed E-state index contributed by atoms with van der Waals surface area (Å²) in [5, 5.41) is 16.9. The molecule has 0 aliphatic heterocycles. The fourth-order valence-electron chi connectivity index (χ4n) is 2.14. The van der Waals surface area contributed by atoms with Crippen LogP contribution in [0.15, 0.2) is 24.3 Å². The van der Waals surface area contributed by atoms with Gasteiger partial charge in [-0.05, 0) is 44.5 Å². The number of carboxylic acids is 1. The lowest BCUT2D eigenvalue weighted by molar-refractivity contribution is 0.0697. The van der Waals surface area contributed by atoms with Gasteiger partial charge in [0.2, 0.25) is 0 Å². The van der Waals surface area contributed by atoms with Crippen LogP contribution >= 0.6 is 11.6 Å². The number of anilines is 1. The number of aryl methyl sites for hydroxylation is 3. The summed E-state index contributed by atoms with van der Waals surface area (Å²) < 4.78 is 1.98. The van der Waals surface area contributed by atoms with Gasteiger partial charge < -0.3 is 10.4 Å². The number of nitrogens with one attached hydrogen (secondary N) is 1. The number of aromatic carboxylic acids is 1. The zero-order chi connectivity index (χ0) is 15.4. The maximum absolute atomic E-state index is 10.8. The molecule has 0 saturated carbocycles. The summed E-state index contributed by atoms with van der Waals surface area (Å²) in [4.78, 5) is 10.8. The van der Waals surface area contributed by atoms with Gasteiger partial charge in [-0.1, -0.05) is 11.6 Å². The second kappa shape index (κ2) is 6.63. The van der Waals surface area contributed by atoms with Crippen molar-refractivity contribution in [3.63, 3.8) is 0 Å². The zero-order valence-corrected chi connectivity index (χ0v) is 12.8. The summed E-state index contributed by atoms with van der Waals surface area (Å²) in [7, 11) is 0. The summed E-state index contributed by atoms with van der Waals surface area (Å²) in [5.74, 6) is -0.979. The van der Waals surface area contributed by atoms with E-state index < -0.39 is 5.97 Å². The SMILES string of the molecule is Cc1cc(C)n(CCCNc2ccc(C(=O)O)cc2Cl)n1. The van der Waals surface area contributed by atoms with Crippen LogP contribution in [0.25, 0.3) is 0 Å². The predicted octanol–water partition coefficient (Wildman–Crippen LogP) is 3.35. The van der Waals surface area contributed by atoms with Crippen LogP contribution in [-0.4, -0.2) is 27.4 Å². The molecule has 6 heteroatoms. The summed E-state index contributed by atoms with van der Waals surface area (Å²) in [6.07, 6.45) is 0.902. The molecule has 0 fully saturated rings. The Hall–Kier alpha value is -2.01. The number of nitrogens with zero attached hydrogens (tertiary/aromatic N) is 2. The molecule has 2 rings (SSSR count). The van der Waals surface area contributed by atoms with Gasteiger partial charge in [-0.2, -0.15) is 5.10 Å². The molecule has 2 N–H and O–H groups in total. The van der Waals surface area contributed by atoms with Crippen LogP contribution in [0.3, 0.4) is 0 Å². The molecule has 1 heterocycles. The molecule has 112 valence electrons. The number of carbonyl (C=O) groups is 1. The first-order chi connectivity index (χ1) is 9.97. The second-order valence-electron chi connectivity index (χ2n) is 4.93. The van der Waals surface area contributed by atoms with E-state index in [1.165, 1.54) is 12.1 Å². The molecular formula is C15H18ClN3O2. The van der Waals surface area contributed by atoms with Crippen LogP contribution in [0.4, 0.5) is 5.69 Å². The Labute approximate surface area is 128 Å². The fourth-order valence-corrected chi connectivity index (χ4v) is 2.39. The smallest absolute Gasteiger partial charge is 0.335 e. The van der Waals surface area contributed by atoms with Gasteiger partial charge in [0.25, 0.3) is 0 Å². The molecule has 0 bridgehead atoms. The highest BCUT2D eigenvalue weighted by molar-refractivity contribution is 6.33. The van der Waals surface area contributed by atoms with Crippen LogP contribution in [0.5, 0.6) is 0 Å². The summed E-state index contributed by atoms with van der Waals surface area (Å²) in [6.45, 7) is 5.59. The van der Waals surface area contributed by atoms with Crippen molar-refractivity contribution in [3.8, 4) is 0 Å². The van der Waals surface area contributed by atoms with Crippen molar-refractivity contribution < 1.29 is 9.90 Å². The van der Waals surface area contributed by atoms with Gasteiger partial charge in [-0.3, -0.25) is 4.68 Å². The first-order valence-electron chi connectivity index (χ1n) is 6.75. The third-order valence-electron chi connectivity index (χ3n) is 3.18. The lowest BCUT2D eigenvalue weighted by atomic mass is 10.2. The largest absolute Gasteiger partial charge is 0.478 e. The summed E-state index contributed by atoms with van der Waals surface area (Å²) in [5.41, 5.74) is 3.10. The molecule has 0 radical (unpaired) electrons. The van der Waals surface area contributed by atoms with E-state index in [1.807, 2.05) is 18.5 Å². The van der Waals surface area contributed by atoms with Gasteiger partial charge in [0.1, 0.15) is 0 Å². The van der Waals surface area contributed by atoms with E-state index in [-0.39, 0.29) is 5.56 Å². The van der Waals surface area contributed by atoms with E-state index in [9.17, 15) is 4.79 Å². The zero-order valence-electron chi connectivity index (χ0n) is 12.1. The molecule has 1 aromatic heterocycles. The molecule has 0 spiro atoms. The van der Waals surface area contributed by atoms with Crippen LogP contribution in [-0.2, 0) is 6.54 Å². The highest BCUT2D eigenvalue weighted by Gasteiger charge is 2.06. The van der Waals surface area contributed by atoms with E-state index >= 15 is 0 Å². The van der Waals surface area contributed by atoms with Crippen LogP contribution in [0.2, 0.25) is 5.02 Å². The van der Waals surface area contributed by atoms with Crippen molar-refractivity contribution in [2.45, 2.75) is 26.8 Å². The first-order valence-corrected chi connectivity index (χ1v) is 7.13. The summed E-state index contributed by atoms with van der Waals surface area (Å²) in [6, 6.07) is 6.73. The lowest BCUT2D eigenvalue weighted by Gasteiger charge is -2.09. The Morgan fingerprint density at radius 2 is 2.14 bits per heavy atom. The Bertz CT molecular complexity index is 652. The van der Waals surface area contributed by atoms with Gasteiger partial charge in [0.15, 0.2) is 0 Å². The number of hydrogen-bond donors (Lipinski definition) is 2. The average Bonchev–Trinajstić information content (AvgIpc) is 2.74. The van der Waals surface area contributed by atoms with E-state index in [4.69, 9.17) is 16.7 Å². The van der Waals surface area contributed by atoms with Crippen molar-refractivity contribution in [2.24, 2.45) is 0 Å². The highest BCUT2D eigenvalue weighted by atomic mass is 35.5. The van der Waals surface area contributed by atoms with Crippen molar-refractivity contribution >= 4 is 23.3 Å². The Balaban J connectivity index is 1.86. The monoisotopic (exact) mass is 307 g/mol. The number of benzene rings is 1. The fraction of sp³-hybridized carbons (Fsp3) is 0.333. The maximum Gasteiger partial charge on any atom is 0.335 e. The molecular weight excluding hydrogens is 290 g/mol. The molecule has 0 aliphatic rings. The Morgan fingerprint density at radius 1 is 1.38 bits per heavy atom. The molecule has 0 aliphatic carbocycles. The molecule has 1 aromatic carbocycles. The van der Waals surface area contributed by atoms with E-state index in [0.29, 0.717) is 5.02 Å². The molecule has 5 nitrogen and oxygen atoms in total. The van der Waals surface area contributed by atoms with Gasteiger partial charge in [-0.25, -0.2) is 4.79 Å².